The van der Waals surface area contributed by atoms with Crippen LogP contribution in [-0.4, -0.2) is 48.9 Å². The molecule has 0 spiro atoms. The van der Waals surface area contributed by atoms with Crippen LogP contribution in [0.2, 0.25) is 0 Å². The zero-order valence-corrected chi connectivity index (χ0v) is 17.9. The number of benzene rings is 2. The van der Waals surface area contributed by atoms with E-state index >= 15 is 0 Å². The van der Waals surface area contributed by atoms with Crippen molar-refractivity contribution in [2.45, 2.75) is 12.6 Å². The molecule has 32 heavy (non-hydrogen) atoms. The number of sulfonamides is 1. The van der Waals surface area contributed by atoms with Gasteiger partial charge in [-0.3, -0.25) is 0 Å². The molecule has 1 saturated heterocycles. The number of anilines is 1. The third-order valence-electron chi connectivity index (χ3n) is 5.18. The van der Waals surface area contributed by atoms with Gasteiger partial charge in [0.1, 0.15) is 5.82 Å². The Bertz CT molecular complexity index is 1230. The Morgan fingerprint density at radius 2 is 1.59 bits per heavy atom. The average Bonchev–Trinajstić information content (AvgIpc) is 3.04. The third-order valence-corrected chi connectivity index (χ3v) is 6.75. The van der Waals surface area contributed by atoms with E-state index in [1.165, 1.54) is 21.9 Å². The van der Waals surface area contributed by atoms with Crippen molar-refractivity contribution in [1.29, 1.82) is 0 Å². The highest BCUT2D eigenvalue weighted by atomic mass is 32.2. The number of hydrogen-bond donors (Lipinski definition) is 0. The minimum atomic E-state index is -4.68. The molecule has 2 heterocycles. The summed E-state index contributed by atoms with van der Waals surface area (Å²) in [7, 11) is -3.67. The highest BCUT2D eigenvalue weighted by molar-refractivity contribution is 7.92. The van der Waals surface area contributed by atoms with Crippen LogP contribution in [0.3, 0.4) is 0 Å². The monoisotopic (exact) mass is 462 g/mol. The van der Waals surface area contributed by atoms with Crippen LogP contribution in [-0.2, 0) is 16.2 Å². The third kappa shape index (κ3) is 4.91. The fourth-order valence-electron chi connectivity index (χ4n) is 3.60. The number of para-hydroxylation sites is 1. The van der Waals surface area contributed by atoms with Gasteiger partial charge in [-0.25, -0.2) is 18.4 Å². The van der Waals surface area contributed by atoms with Gasteiger partial charge in [-0.05, 0) is 30.2 Å². The lowest BCUT2D eigenvalue weighted by atomic mass is 10.2. The minimum Gasteiger partial charge on any atom is -0.355 e. The smallest absolute Gasteiger partial charge is 0.355 e. The highest BCUT2D eigenvalue weighted by Gasteiger charge is 2.36. The molecule has 1 aliphatic rings. The first-order valence-corrected chi connectivity index (χ1v) is 11.6. The maximum atomic E-state index is 13.3. The van der Waals surface area contributed by atoms with E-state index in [2.05, 4.69) is 9.97 Å². The fraction of sp³-hybridized carbons (Fsp3) is 0.273. The second kappa shape index (κ2) is 8.87. The molecule has 10 heteroatoms. The standard InChI is InChI=1S/C22H21F3N4O2S/c23-22(24,25)21-26-19-10-5-4-9-18(19)20(27-21)28-12-6-13-29(15-14-28)32(30,31)16-11-17-7-2-1-3-8-17/h1-5,7-11,16H,6,12-15H2/b16-11+. The van der Waals surface area contributed by atoms with Crippen molar-refractivity contribution in [2.24, 2.45) is 0 Å². The first kappa shape index (κ1) is 22.2. The summed E-state index contributed by atoms with van der Waals surface area (Å²) in [4.78, 5) is 9.17. The molecule has 168 valence electrons. The molecule has 1 aromatic heterocycles. The van der Waals surface area contributed by atoms with Crippen LogP contribution in [0.4, 0.5) is 19.0 Å². The summed E-state index contributed by atoms with van der Waals surface area (Å²) in [6, 6.07) is 15.6. The molecule has 0 radical (unpaired) electrons. The van der Waals surface area contributed by atoms with Crippen LogP contribution in [0.15, 0.2) is 60.0 Å². The molecule has 0 unspecified atom stereocenters. The van der Waals surface area contributed by atoms with Gasteiger partial charge in [0.25, 0.3) is 0 Å². The molecule has 0 bridgehead atoms. The Morgan fingerprint density at radius 3 is 2.34 bits per heavy atom. The molecule has 3 aromatic rings. The van der Waals surface area contributed by atoms with Crippen LogP contribution >= 0.6 is 0 Å². The van der Waals surface area contributed by atoms with Gasteiger partial charge in [0.2, 0.25) is 15.8 Å². The molecule has 4 rings (SSSR count). The van der Waals surface area contributed by atoms with Crippen molar-refractivity contribution in [3.8, 4) is 0 Å². The van der Waals surface area contributed by atoms with E-state index < -0.39 is 22.0 Å². The van der Waals surface area contributed by atoms with Crippen molar-refractivity contribution in [3.05, 3.63) is 71.4 Å². The van der Waals surface area contributed by atoms with Crippen molar-refractivity contribution in [1.82, 2.24) is 14.3 Å². The van der Waals surface area contributed by atoms with Crippen molar-refractivity contribution in [2.75, 3.05) is 31.1 Å². The van der Waals surface area contributed by atoms with Gasteiger partial charge >= 0.3 is 6.18 Å². The molecule has 1 fully saturated rings. The maximum Gasteiger partial charge on any atom is 0.451 e. The molecule has 0 aliphatic carbocycles. The lowest BCUT2D eigenvalue weighted by molar-refractivity contribution is -0.144. The van der Waals surface area contributed by atoms with E-state index in [9.17, 15) is 21.6 Å². The highest BCUT2D eigenvalue weighted by Crippen LogP contribution is 2.32. The predicted molar refractivity (Wildman–Crippen MR) is 117 cm³/mol. The van der Waals surface area contributed by atoms with Crippen LogP contribution in [0.5, 0.6) is 0 Å². The van der Waals surface area contributed by atoms with E-state index in [-0.39, 0.29) is 31.0 Å². The van der Waals surface area contributed by atoms with Crippen LogP contribution in [0.1, 0.15) is 17.8 Å². The van der Waals surface area contributed by atoms with E-state index in [0.717, 1.165) is 5.56 Å². The predicted octanol–water partition coefficient (Wildman–Crippen LogP) is 4.16. The fourth-order valence-corrected chi connectivity index (χ4v) is 4.82. The van der Waals surface area contributed by atoms with Gasteiger partial charge in [0.05, 0.1) is 5.52 Å². The lowest BCUT2D eigenvalue weighted by Crippen LogP contribution is -2.34. The molecule has 0 N–H and O–H groups in total. The van der Waals surface area contributed by atoms with Gasteiger partial charge in [0, 0.05) is 37.0 Å². The zero-order valence-electron chi connectivity index (χ0n) is 17.0. The number of rotatable bonds is 4. The number of alkyl halides is 3. The molecule has 6 nitrogen and oxygen atoms in total. The molecule has 0 atom stereocenters. The summed E-state index contributed by atoms with van der Waals surface area (Å²) in [6.07, 6.45) is -2.69. The Hall–Kier alpha value is -2.98. The molecule has 2 aromatic carbocycles. The number of fused-ring (bicyclic) bond motifs is 1. The van der Waals surface area contributed by atoms with Crippen molar-refractivity contribution >= 4 is 32.8 Å². The quantitative estimate of drug-likeness (QED) is 0.583. The van der Waals surface area contributed by atoms with E-state index in [4.69, 9.17) is 0 Å². The molecule has 1 aliphatic heterocycles. The average molecular weight is 462 g/mol. The van der Waals surface area contributed by atoms with Crippen LogP contribution in [0.25, 0.3) is 17.0 Å². The number of halogens is 3. The summed E-state index contributed by atoms with van der Waals surface area (Å²) in [6.45, 7) is 1.01. The minimum absolute atomic E-state index is 0.140. The van der Waals surface area contributed by atoms with Crippen LogP contribution < -0.4 is 4.90 Å². The lowest BCUT2D eigenvalue weighted by Gasteiger charge is -2.24. The van der Waals surface area contributed by atoms with E-state index in [1.807, 2.05) is 18.2 Å². The topological polar surface area (TPSA) is 66.4 Å². The summed E-state index contributed by atoms with van der Waals surface area (Å²) < 4.78 is 67.0. The molecular formula is C22H21F3N4O2S. The second-order valence-electron chi connectivity index (χ2n) is 7.38. The van der Waals surface area contributed by atoms with Gasteiger partial charge in [0.15, 0.2) is 0 Å². The summed E-state index contributed by atoms with van der Waals surface area (Å²) in [5.74, 6) is -1.03. The first-order chi connectivity index (χ1) is 15.2. The van der Waals surface area contributed by atoms with Gasteiger partial charge in [-0.1, -0.05) is 42.5 Å². The molecular weight excluding hydrogens is 441 g/mol. The summed E-state index contributed by atoms with van der Waals surface area (Å²) in [5, 5.41) is 1.67. The summed E-state index contributed by atoms with van der Waals surface area (Å²) >= 11 is 0. The van der Waals surface area contributed by atoms with Crippen molar-refractivity contribution < 1.29 is 21.6 Å². The van der Waals surface area contributed by atoms with E-state index in [0.29, 0.717) is 18.4 Å². The van der Waals surface area contributed by atoms with Gasteiger partial charge < -0.3 is 4.90 Å². The van der Waals surface area contributed by atoms with Crippen molar-refractivity contribution in [3.63, 3.8) is 0 Å². The Labute approximate surface area is 184 Å². The Kier molecular flexibility index (Phi) is 6.16. The number of aromatic nitrogens is 2. The summed E-state index contributed by atoms with van der Waals surface area (Å²) in [5.41, 5.74) is 0.962. The number of nitrogens with zero attached hydrogens (tertiary/aromatic N) is 4. The first-order valence-electron chi connectivity index (χ1n) is 10.1. The number of hydrogen-bond acceptors (Lipinski definition) is 5. The molecule has 0 amide bonds. The largest absolute Gasteiger partial charge is 0.451 e. The van der Waals surface area contributed by atoms with Gasteiger partial charge in [-0.15, -0.1) is 0 Å². The second-order valence-corrected chi connectivity index (χ2v) is 9.20. The Morgan fingerprint density at radius 1 is 0.875 bits per heavy atom. The van der Waals surface area contributed by atoms with Gasteiger partial charge in [-0.2, -0.15) is 17.5 Å². The van der Waals surface area contributed by atoms with Crippen LogP contribution in [0, 0.1) is 0 Å². The Balaban J connectivity index is 1.58. The zero-order chi connectivity index (χ0) is 22.8. The molecule has 0 saturated carbocycles. The normalized spacial score (nSPS) is 16.5. The van der Waals surface area contributed by atoms with E-state index in [1.54, 1.807) is 35.2 Å². The maximum absolute atomic E-state index is 13.3. The SMILES string of the molecule is O=S(=O)(/C=C/c1ccccc1)N1CCCN(c2nc(C(F)(F)F)nc3ccccc23)CC1.